The van der Waals surface area contributed by atoms with Crippen LogP contribution in [0.2, 0.25) is 0 Å². The number of anilines is 1. The molecule has 0 saturated carbocycles. The fraction of sp³-hybridized carbons (Fsp3) is 0.316. The molecule has 0 saturated heterocycles. The van der Waals surface area contributed by atoms with Crippen molar-refractivity contribution < 1.29 is 19.1 Å². The predicted octanol–water partition coefficient (Wildman–Crippen LogP) is 2.49. The number of aromatic nitrogens is 1. The molecule has 7 heteroatoms. The molecule has 0 aliphatic carbocycles. The highest BCUT2D eigenvalue weighted by atomic mass is 16.5. The zero-order chi connectivity index (χ0) is 19.1. The largest absolute Gasteiger partial charge is 0.497 e. The molecule has 2 rings (SSSR count). The average molecular weight is 357 g/mol. The molecule has 26 heavy (non-hydrogen) atoms. The van der Waals surface area contributed by atoms with Gasteiger partial charge in [-0.15, -0.1) is 0 Å². The molecule has 0 unspecified atom stereocenters. The molecule has 138 valence electrons. The molecule has 7 nitrogen and oxygen atoms in total. The quantitative estimate of drug-likeness (QED) is 0.795. The first-order valence-corrected chi connectivity index (χ1v) is 8.20. The van der Waals surface area contributed by atoms with E-state index in [1.165, 1.54) is 13.3 Å². The Bertz CT molecular complexity index is 742. The first kappa shape index (κ1) is 19.2. The van der Waals surface area contributed by atoms with Crippen molar-refractivity contribution in [3.8, 4) is 11.6 Å². The summed E-state index contributed by atoms with van der Waals surface area (Å²) in [5, 5.41) is 5.53. The van der Waals surface area contributed by atoms with Crippen molar-refractivity contribution in [3.63, 3.8) is 0 Å². The van der Waals surface area contributed by atoms with Crippen molar-refractivity contribution in [1.29, 1.82) is 0 Å². The number of benzene rings is 1. The lowest BCUT2D eigenvalue weighted by atomic mass is 10.0. The standard InChI is InChI=1S/C19H23N3O4/c1-12(2)17(19(24)21-14-7-10-16(26-4)20-11-14)22-18(23)13-5-8-15(25-3)9-6-13/h5-12,17H,1-4H3,(H,21,24)(H,22,23)/t17-/m0/s1. The van der Waals surface area contributed by atoms with Crippen molar-refractivity contribution in [2.24, 2.45) is 5.92 Å². The van der Waals surface area contributed by atoms with Gasteiger partial charge < -0.3 is 20.1 Å². The van der Waals surface area contributed by atoms with Gasteiger partial charge in [-0.05, 0) is 36.2 Å². The molecule has 0 fully saturated rings. The van der Waals surface area contributed by atoms with E-state index in [9.17, 15) is 9.59 Å². The van der Waals surface area contributed by atoms with Gasteiger partial charge in [-0.1, -0.05) is 13.8 Å². The van der Waals surface area contributed by atoms with Gasteiger partial charge in [0.25, 0.3) is 5.91 Å². The Kier molecular flexibility index (Phi) is 6.54. The summed E-state index contributed by atoms with van der Waals surface area (Å²) in [6.45, 7) is 3.73. The van der Waals surface area contributed by atoms with Crippen LogP contribution in [0.3, 0.4) is 0 Å². The summed E-state index contributed by atoms with van der Waals surface area (Å²) in [5.41, 5.74) is 0.982. The predicted molar refractivity (Wildman–Crippen MR) is 98.5 cm³/mol. The van der Waals surface area contributed by atoms with Crippen molar-refractivity contribution in [3.05, 3.63) is 48.2 Å². The monoisotopic (exact) mass is 357 g/mol. The van der Waals surface area contributed by atoms with Crippen molar-refractivity contribution in [2.45, 2.75) is 19.9 Å². The Balaban J connectivity index is 2.06. The second-order valence-corrected chi connectivity index (χ2v) is 6.00. The number of nitrogens with zero attached hydrogens (tertiary/aromatic N) is 1. The number of pyridine rings is 1. The Hall–Kier alpha value is -3.09. The highest BCUT2D eigenvalue weighted by molar-refractivity contribution is 6.01. The molecule has 0 aliphatic heterocycles. The second-order valence-electron chi connectivity index (χ2n) is 6.00. The van der Waals surface area contributed by atoms with E-state index in [2.05, 4.69) is 15.6 Å². The summed E-state index contributed by atoms with van der Waals surface area (Å²) in [6, 6.07) is 9.34. The lowest BCUT2D eigenvalue weighted by Crippen LogP contribution is -2.47. The van der Waals surface area contributed by atoms with Crippen LogP contribution in [0.5, 0.6) is 11.6 Å². The van der Waals surface area contributed by atoms with Crippen LogP contribution in [-0.2, 0) is 4.79 Å². The number of hydrogen-bond donors (Lipinski definition) is 2. The fourth-order valence-corrected chi connectivity index (χ4v) is 2.30. The number of methoxy groups -OCH3 is 2. The molecule has 0 radical (unpaired) electrons. The number of rotatable bonds is 7. The summed E-state index contributed by atoms with van der Waals surface area (Å²) >= 11 is 0. The average Bonchev–Trinajstić information content (AvgIpc) is 2.66. The normalized spacial score (nSPS) is 11.6. The lowest BCUT2D eigenvalue weighted by Gasteiger charge is -2.21. The Morgan fingerprint density at radius 1 is 1.00 bits per heavy atom. The van der Waals surface area contributed by atoms with Gasteiger partial charge in [0.05, 0.1) is 26.1 Å². The van der Waals surface area contributed by atoms with Gasteiger partial charge in [0.1, 0.15) is 11.8 Å². The van der Waals surface area contributed by atoms with Gasteiger partial charge in [0, 0.05) is 11.6 Å². The Morgan fingerprint density at radius 3 is 2.19 bits per heavy atom. The van der Waals surface area contributed by atoms with E-state index in [1.54, 1.807) is 43.5 Å². The molecule has 1 aromatic heterocycles. The van der Waals surface area contributed by atoms with E-state index in [0.29, 0.717) is 22.9 Å². The molecule has 2 N–H and O–H groups in total. The summed E-state index contributed by atoms with van der Waals surface area (Å²) in [7, 11) is 3.08. The van der Waals surface area contributed by atoms with Crippen molar-refractivity contribution in [1.82, 2.24) is 10.3 Å². The molecular formula is C19H23N3O4. The van der Waals surface area contributed by atoms with Crippen LogP contribution in [0, 0.1) is 5.92 Å². The summed E-state index contributed by atoms with van der Waals surface area (Å²) < 4.78 is 10.1. The summed E-state index contributed by atoms with van der Waals surface area (Å²) in [4.78, 5) is 29.1. The van der Waals surface area contributed by atoms with Gasteiger partial charge in [-0.3, -0.25) is 9.59 Å². The topological polar surface area (TPSA) is 89.5 Å². The third-order valence-electron chi connectivity index (χ3n) is 3.80. The number of amides is 2. The second kappa shape index (κ2) is 8.84. The fourth-order valence-electron chi connectivity index (χ4n) is 2.30. The maximum Gasteiger partial charge on any atom is 0.251 e. The van der Waals surface area contributed by atoms with E-state index in [1.807, 2.05) is 13.8 Å². The lowest BCUT2D eigenvalue weighted by molar-refractivity contribution is -0.118. The molecule has 2 amide bonds. The van der Waals surface area contributed by atoms with Crippen LogP contribution in [0.15, 0.2) is 42.6 Å². The van der Waals surface area contributed by atoms with Gasteiger partial charge in [-0.2, -0.15) is 0 Å². The number of carbonyl (C=O) groups excluding carboxylic acids is 2. The highest BCUT2D eigenvalue weighted by Crippen LogP contribution is 2.14. The minimum Gasteiger partial charge on any atom is -0.497 e. The van der Waals surface area contributed by atoms with Crippen LogP contribution in [0.4, 0.5) is 5.69 Å². The van der Waals surface area contributed by atoms with Crippen LogP contribution >= 0.6 is 0 Å². The van der Waals surface area contributed by atoms with Gasteiger partial charge >= 0.3 is 0 Å². The smallest absolute Gasteiger partial charge is 0.251 e. The maximum absolute atomic E-state index is 12.6. The van der Waals surface area contributed by atoms with Crippen molar-refractivity contribution in [2.75, 3.05) is 19.5 Å². The van der Waals surface area contributed by atoms with Crippen LogP contribution in [0.1, 0.15) is 24.2 Å². The van der Waals surface area contributed by atoms with Crippen LogP contribution < -0.4 is 20.1 Å². The van der Waals surface area contributed by atoms with Gasteiger partial charge in [0.2, 0.25) is 11.8 Å². The van der Waals surface area contributed by atoms with Crippen LogP contribution in [-0.4, -0.2) is 37.1 Å². The third-order valence-corrected chi connectivity index (χ3v) is 3.80. The zero-order valence-corrected chi connectivity index (χ0v) is 15.3. The molecule has 0 bridgehead atoms. The first-order chi connectivity index (χ1) is 12.4. The first-order valence-electron chi connectivity index (χ1n) is 8.20. The molecular weight excluding hydrogens is 334 g/mol. The molecule has 1 aromatic carbocycles. The van der Waals surface area contributed by atoms with Gasteiger partial charge in [-0.25, -0.2) is 4.98 Å². The van der Waals surface area contributed by atoms with E-state index >= 15 is 0 Å². The number of hydrogen-bond acceptors (Lipinski definition) is 5. The SMILES string of the molecule is COc1ccc(C(=O)N[C@H](C(=O)Nc2ccc(OC)nc2)C(C)C)cc1. The minimum absolute atomic E-state index is 0.0941. The van der Waals surface area contributed by atoms with Crippen LogP contribution in [0.25, 0.3) is 0 Å². The van der Waals surface area contributed by atoms with E-state index in [4.69, 9.17) is 9.47 Å². The number of carbonyl (C=O) groups is 2. The third kappa shape index (κ3) is 4.95. The number of ether oxygens (including phenoxy) is 2. The summed E-state index contributed by atoms with van der Waals surface area (Å²) in [6.07, 6.45) is 1.50. The molecule has 1 heterocycles. The van der Waals surface area contributed by atoms with Gasteiger partial charge in [0.15, 0.2) is 0 Å². The molecule has 1 atom stereocenters. The Labute approximate surface area is 152 Å². The van der Waals surface area contributed by atoms with E-state index < -0.39 is 6.04 Å². The molecule has 0 aliphatic rings. The van der Waals surface area contributed by atoms with E-state index in [-0.39, 0.29) is 17.7 Å². The minimum atomic E-state index is -0.688. The summed E-state index contributed by atoms with van der Waals surface area (Å²) in [5.74, 6) is 0.384. The number of nitrogens with one attached hydrogen (secondary N) is 2. The Morgan fingerprint density at radius 2 is 1.69 bits per heavy atom. The maximum atomic E-state index is 12.6. The zero-order valence-electron chi connectivity index (χ0n) is 15.3. The van der Waals surface area contributed by atoms with E-state index in [0.717, 1.165) is 0 Å². The van der Waals surface area contributed by atoms with Crippen molar-refractivity contribution >= 4 is 17.5 Å². The highest BCUT2D eigenvalue weighted by Gasteiger charge is 2.25. The molecule has 0 spiro atoms. The molecule has 2 aromatic rings.